The third-order valence-corrected chi connectivity index (χ3v) is 4.85. The first kappa shape index (κ1) is 22.9. The van der Waals surface area contributed by atoms with Crippen LogP contribution in [0.4, 0.5) is 4.39 Å². The molecule has 0 aliphatic rings. The topological polar surface area (TPSA) is 58.6 Å². The Morgan fingerprint density at radius 3 is 2.38 bits per heavy atom. The number of nitrogens with one attached hydrogen (secondary N) is 1. The molecule has 0 spiro atoms. The average Bonchev–Trinajstić information content (AvgIpc) is 2.70. The molecule has 156 valence electrons. The van der Waals surface area contributed by atoms with Gasteiger partial charge in [-0.05, 0) is 43.2 Å². The van der Waals surface area contributed by atoms with E-state index in [9.17, 15) is 14.0 Å². The first-order chi connectivity index (χ1) is 13.8. The average molecular weight is 465 g/mol. The molecule has 1 atom stereocenters. The minimum atomic E-state index is -0.769. The molecule has 2 rings (SSSR count). The molecule has 2 amide bonds. The third kappa shape index (κ3) is 7.16. The van der Waals surface area contributed by atoms with E-state index < -0.39 is 17.8 Å². The minimum Gasteiger partial charge on any atom is -0.484 e. The molecule has 0 fully saturated rings. The van der Waals surface area contributed by atoms with Crippen molar-refractivity contribution in [2.24, 2.45) is 5.92 Å². The first-order valence-corrected chi connectivity index (χ1v) is 10.3. The molecule has 0 aromatic heterocycles. The van der Waals surface area contributed by atoms with Gasteiger partial charge in [0, 0.05) is 23.1 Å². The summed E-state index contributed by atoms with van der Waals surface area (Å²) in [5, 5.41) is 2.83. The third-order valence-electron chi connectivity index (χ3n) is 4.33. The molecule has 1 N–H and O–H groups in total. The molecule has 0 saturated heterocycles. The number of amides is 2. The van der Waals surface area contributed by atoms with Crippen molar-refractivity contribution in [1.29, 1.82) is 0 Å². The van der Waals surface area contributed by atoms with Gasteiger partial charge in [0.2, 0.25) is 5.91 Å². The van der Waals surface area contributed by atoms with Crippen LogP contribution in [0.25, 0.3) is 0 Å². The van der Waals surface area contributed by atoms with Gasteiger partial charge < -0.3 is 15.0 Å². The quantitative estimate of drug-likeness (QED) is 0.605. The lowest BCUT2D eigenvalue weighted by Crippen LogP contribution is -2.49. The lowest BCUT2D eigenvalue weighted by atomic mass is 10.1. The number of hydrogen-bond donors (Lipinski definition) is 1. The Bertz CT molecular complexity index is 827. The molecule has 7 heteroatoms. The molecule has 0 aliphatic heterocycles. The monoisotopic (exact) mass is 464 g/mol. The Morgan fingerprint density at radius 2 is 1.76 bits per heavy atom. The van der Waals surface area contributed by atoms with E-state index in [-0.39, 0.29) is 25.0 Å². The highest BCUT2D eigenvalue weighted by Gasteiger charge is 2.27. The molecular formula is C22H26BrFN2O3. The van der Waals surface area contributed by atoms with Crippen LogP contribution in [-0.2, 0) is 16.1 Å². The van der Waals surface area contributed by atoms with Crippen LogP contribution in [0.2, 0.25) is 0 Å². The van der Waals surface area contributed by atoms with E-state index in [0.717, 1.165) is 4.47 Å². The summed E-state index contributed by atoms with van der Waals surface area (Å²) in [7, 11) is 0. The van der Waals surface area contributed by atoms with Crippen LogP contribution in [0.5, 0.6) is 5.75 Å². The summed E-state index contributed by atoms with van der Waals surface area (Å²) in [4.78, 5) is 26.7. The standard InChI is InChI=1S/C22H26BrFN2O3/c1-15(2)12-25-22(28)16(3)26(13-17-6-4-5-7-20(17)24)21(27)14-29-19-10-8-18(23)9-11-19/h4-11,15-16H,12-14H2,1-3H3,(H,25,28)/t16-/m0/s1. The number of halogens is 2. The number of nitrogens with zero attached hydrogens (tertiary/aromatic N) is 1. The Balaban J connectivity index is 2.13. The zero-order chi connectivity index (χ0) is 21.4. The van der Waals surface area contributed by atoms with Crippen LogP contribution in [0.3, 0.4) is 0 Å². The van der Waals surface area contributed by atoms with Crippen LogP contribution in [0.1, 0.15) is 26.3 Å². The smallest absolute Gasteiger partial charge is 0.261 e. The molecule has 0 radical (unpaired) electrons. The van der Waals surface area contributed by atoms with Crippen molar-refractivity contribution in [2.75, 3.05) is 13.2 Å². The molecule has 29 heavy (non-hydrogen) atoms. The van der Waals surface area contributed by atoms with E-state index in [1.54, 1.807) is 49.4 Å². The van der Waals surface area contributed by atoms with E-state index in [1.807, 2.05) is 13.8 Å². The molecule has 0 unspecified atom stereocenters. The Morgan fingerprint density at radius 1 is 1.10 bits per heavy atom. The zero-order valence-electron chi connectivity index (χ0n) is 16.8. The highest BCUT2D eigenvalue weighted by Crippen LogP contribution is 2.17. The minimum absolute atomic E-state index is 0.0224. The number of benzene rings is 2. The highest BCUT2D eigenvalue weighted by molar-refractivity contribution is 9.10. The Kier molecular flexibility index (Phi) is 8.64. The van der Waals surface area contributed by atoms with Gasteiger partial charge in [-0.25, -0.2) is 4.39 Å². The maximum Gasteiger partial charge on any atom is 0.261 e. The van der Waals surface area contributed by atoms with Crippen molar-refractivity contribution >= 4 is 27.7 Å². The fourth-order valence-electron chi connectivity index (χ4n) is 2.60. The second kappa shape index (κ2) is 11.0. The van der Waals surface area contributed by atoms with Crippen LogP contribution in [0, 0.1) is 11.7 Å². The van der Waals surface area contributed by atoms with Crippen molar-refractivity contribution in [3.63, 3.8) is 0 Å². The first-order valence-electron chi connectivity index (χ1n) is 9.47. The number of rotatable bonds is 9. The predicted octanol–water partition coefficient (Wildman–Crippen LogP) is 4.16. The second-order valence-corrected chi connectivity index (χ2v) is 8.09. The fourth-order valence-corrected chi connectivity index (χ4v) is 2.87. The second-order valence-electron chi connectivity index (χ2n) is 7.17. The molecule has 2 aromatic rings. The highest BCUT2D eigenvalue weighted by atomic mass is 79.9. The summed E-state index contributed by atoms with van der Waals surface area (Å²) in [5.74, 6) is -0.295. The fraction of sp³-hybridized carbons (Fsp3) is 0.364. The molecule has 0 heterocycles. The van der Waals surface area contributed by atoms with E-state index in [1.165, 1.54) is 11.0 Å². The Hall–Kier alpha value is -2.41. The predicted molar refractivity (Wildman–Crippen MR) is 114 cm³/mol. The zero-order valence-corrected chi connectivity index (χ0v) is 18.4. The number of hydrogen-bond acceptors (Lipinski definition) is 3. The van der Waals surface area contributed by atoms with Crippen LogP contribution < -0.4 is 10.1 Å². The SMILES string of the molecule is CC(C)CNC(=O)[C@H](C)N(Cc1ccccc1F)C(=O)COc1ccc(Br)cc1. The van der Waals surface area contributed by atoms with Crippen LogP contribution >= 0.6 is 15.9 Å². The summed E-state index contributed by atoms with van der Waals surface area (Å²) >= 11 is 3.34. The number of carbonyl (C=O) groups excluding carboxylic acids is 2. The van der Waals surface area contributed by atoms with Crippen molar-refractivity contribution in [1.82, 2.24) is 10.2 Å². The molecule has 0 saturated carbocycles. The lowest BCUT2D eigenvalue weighted by molar-refractivity contribution is -0.142. The van der Waals surface area contributed by atoms with Gasteiger partial charge in [-0.1, -0.05) is 48.0 Å². The molecule has 5 nitrogen and oxygen atoms in total. The van der Waals surface area contributed by atoms with Crippen molar-refractivity contribution < 1.29 is 18.7 Å². The van der Waals surface area contributed by atoms with Gasteiger partial charge in [-0.2, -0.15) is 0 Å². The maximum atomic E-state index is 14.1. The van der Waals surface area contributed by atoms with Crippen molar-refractivity contribution in [2.45, 2.75) is 33.4 Å². The van der Waals surface area contributed by atoms with E-state index in [2.05, 4.69) is 21.2 Å². The van der Waals surface area contributed by atoms with Gasteiger partial charge in [0.25, 0.3) is 5.91 Å². The lowest BCUT2D eigenvalue weighted by Gasteiger charge is -2.29. The summed E-state index contributed by atoms with van der Waals surface area (Å²) in [5.41, 5.74) is 0.341. The summed E-state index contributed by atoms with van der Waals surface area (Å²) in [6.45, 7) is 5.83. The number of ether oxygens (including phenoxy) is 1. The van der Waals surface area contributed by atoms with E-state index in [0.29, 0.717) is 17.9 Å². The summed E-state index contributed by atoms with van der Waals surface area (Å²) in [6, 6.07) is 12.5. The summed E-state index contributed by atoms with van der Waals surface area (Å²) in [6.07, 6.45) is 0. The van der Waals surface area contributed by atoms with Gasteiger partial charge in [0.15, 0.2) is 6.61 Å². The van der Waals surface area contributed by atoms with Gasteiger partial charge >= 0.3 is 0 Å². The van der Waals surface area contributed by atoms with Gasteiger partial charge in [0.05, 0.1) is 0 Å². The van der Waals surface area contributed by atoms with Gasteiger partial charge in [-0.15, -0.1) is 0 Å². The van der Waals surface area contributed by atoms with Crippen LogP contribution in [0.15, 0.2) is 53.0 Å². The van der Waals surface area contributed by atoms with Crippen molar-refractivity contribution in [3.05, 3.63) is 64.4 Å². The van der Waals surface area contributed by atoms with Gasteiger partial charge in [0.1, 0.15) is 17.6 Å². The molecule has 2 aromatic carbocycles. The molecule has 0 bridgehead atoms. The normalized spacial score (nSPS) is 11.8. The van der Waals surface area contributed by atoms with Gasteiger partial charge in [-0.3, -0.25) is 9.59 Å². The largest absolute Gasteiger partial charge is 0.484 e. The number of carbonyl (C=O) groups is 2. The van der Waals surface area contributed by atoms with Crippen LogP contribution in [-0.4, -0.2) is 35.9 Å². The Labute approximate surface area is 179 Å². The maximum absolute atomic E-state index is 14.1. The molecular weight excluding hydrogens is 439 g/mol. The van der Waals surface area contributed by atoms with E-state index >= 15 is 0 Å². The summed E-state index contributed by atoms with van der Waals surface area (Å²) < 4.78 is 20.6. The molecule has 0 aliphatic carbocycles. The van der Waals surface area contributed by atoms with E-state index in [4.69, 9.17) is 4.74 Å². The van der Waals surface area contributed by atoms with Crippen molar-refractivity contribution in [3.8, 4) is 5.75 Å².